The molecule has 1 aromatic rings. The minimum atomic E-state index is 0.227. The first-order valence-corrected chi connectivity index (χ1v) is 8.25. The molecular weight excluding hydrogens is 308 g/mol. The van der Waals surface area contributed by atoms with Gasteiger partial charge < -0.3 is 5.32 Å². The second kappa shape index (κ2) is 5.23. The topological polar surface area (TPSA) is 15.3 Å². The Kier molecular flexibility index (Phi) is 4.22. The normalized spacial score (nSPS) is 28.5. The fourth-order valence-electron chi connectivity index (χ4n) is 2.36. The summed E-state index contributed by atoms with van der Waals surface area (Å²) in [6.45, 7) is 12.5. The Bertz CT molecular complexity index is 416. The Balaban J connectivity index is 2.12. The molecule has 18 heavy (non-hydrogen) atoms. The van der Waals surface area contributed by atoms with Gasteiger partial charge in [-0.3, -0.25) is 4.90 Å². The van der Waals surface area contributed by atoms with Crippen LogP contribution in [0.1, 0.15) is 39.0 Å². The van der Waals surface area contributed by atoms with Crippen molar-refractivity contribution >= 4 is 27.3 Å². The molecular formula is C14H23BrN2S. The second-order valence-electron chi connectivity index (χ2n) is 6.17. The zero-order valence-electron chi connectivity index (χ0n) is 11.7. The minimum absolute atomic E-state index is 0.227. The average molecular weight is 331 g/mol. The number of nitrogens with one attached hydrogen (secondary N) is 1. The number of thiophene rings is 1. The van der Waals surface area contributed by atoms with Gasteiger partial charge in [-0.1, -0.05) is 6.92 Å². The first-order valence-electron chi connectivity index (χ1n) is 6.58. The Morgan fingerprint density at radius 3 is 2.72 bits per heavy atom. The van der Waals surface area contributed by atoms with Crippen LogP contribution in [0.25, 0.3) is 0 Å². The zero-order chi connectivity index (χ0) is 13.4. The van der Waals surface area contributed by atoms with E-state index in [1.54, 1.807) is 0 Å². The van der Waals surface area contributed by atoms with Crippen LogP contribution in [0.3, 0.4) is 0 Å². The summed E-state index contributed by atoms with van der Waals surface area (Å²) in [5, 5.41) is 5.88. The molecule has 1 unspecified atom stereocenters. The zero-order valence-corrected chi connectivity index (χ0v) is 14.1. The lowest BCUT2D eigenvalue weighted by atomic mass is 9.88. The largest absolute Gasteiger partial charge is 0.308 e. The van der Waals surface area contributed by atoms with Crippen molar-refractivity contribution in [3.63, 3.8) is 0 Å². The minimum Gasteiger partial charge on any atom is -0.308 e. The summed E-state index contributed by atoms with van der Waals surface area (Å²) in [5.74, 6) is 0. The van der Waals surface area contributed by atoms with Gasteiger partial charge >= 0.3 is 0 Å². The van der Waals surface area contributed by atoms with E-state index in [0.717, 1.165) is 19.6 Å². The molecule has 1 saturated heterocycles. The molecule has 0 spiro atoms. The molecule has 0 radical (unpaired) electrons. The molecule has 1 atom stereocenters. The molecule has 0 aromatic carbocycles. The van der Waals surface area contributed by atoms with Crippen molar-refractivity contribution in [3.8, 4) is 0 Å². The van der Waals surface area contributed by atoms with E-state index < -0.39 is 0 Å². The first kappa shape index (κ1) is 14.5. The maximum Gasteiger partial charge on any atom is 0.0334 e. The highest BCUT2D eigenvalue weighted by molar-refractivity contribution is 9.10. The van der Waals surface area contributed by atoms with Gasteiger partial charge in [-0.15, -0.1) is 11.3 Å². The first-order chi connectivity index (χ1) is 8.35. The lowest BCUT2D eigenvalue weighted by Crippen LogP contribution is -2.66. The standard InChI is InChI=1S/C14H23BrN2S/c1-5-14(4)10-17(13(2,3)9-16-14)7-12-6-11(15)8-18-12/h6,8,16H,5,7,9-10H2,1-4H3. The van der Waals surface area contributed by atoms with E-state index >= 15 is 0 Å². The number of rotatable bonds is 3. The number of nitrogens with zero attached hydrogens (tertiary/aromatic N) is 1. The molecule has 0 bridgehead atoms. The molecule has 1 aliphatic heterocycles. The van der Waals surface area contributed by atoms with E-state index in [4.69, 9.17) is 0 Å². The molecule has 1 aliphatic rings. The summed E-state index contributed by atoms with van der Waals surface area (Å²) in [6, 6.07) is 2.24. The van der Waals surface area contributed by atoms with E-state index in [-0.39, 0.29) is 11.1 Å². The predicted octanol–water partition coefficient (Wildman–Crippen LogP) is 3.86. The van der Waals surface area contributed by atoms with Crippen LogP contribution in [0.4, 0.5) is 0 Å². The van der Waals surface area contributed by atoms with Crippen LogP contribution in [0.5, 0.6) is 0 Å². The van der Waals surface area contributed by atoms with Gasteiger partial charge in [0.2, 0.25) is 0 Å². The van der Waals surface area contributed by atoms with Crippen molar-refractivity contribution in [2.24, 2.45) is 0 Å². The van der Waals surface area contributed by atoms with Crippen molar-refractivity contribution in [1.29, 1.82) is 0 Å². The summed E-state index contributed by atoms with van der Waals surface area (Å²) in [4.78, 5) is 4.06. The third-order valence-electron chi connectivity index (χ3n) is 4.09. The monoisotopic (exact) mass is 330 g/mol. The Morgan fingerprint density at radius 1 is 1.44 bits per heavy atom. The van der Waals surface area contributed by atoms with Crippen LogP contribution >= 0.6 is 27.3 Å². The molecule has 0 aliphatic carbocycles. The van der Waals surface area contributed by atoms with Crippen LogP contribution in [-0.2, 0) is 6.54 Å². The highest BCUT2D eigenvalue weighted by Crippen LogP contribution is 2.29. The van der Waals surface area contributed by atoms with Crippen molar-refractivity contribution in [3.05, 3.63) is 20.8 Å². The van der Waals surface area contributed by atoms with E-state index in [1.807, 2.05) is 11.3 Å². The molecule has 1 aromatic heterocycles. The van der Waals surface area contributed by atoms with E-state index in [0.29, 0.717) is 0 Å². The van der Waals surface area contributed by atoms with Gasteiger partial charge in [0.05, 0.1) is 0 Å². The van der Waals surface area contributed by atoms with Crippen molar-refractivity contribution in [2.45, 2.75) is 51.7 Å². The quantitative estimate of drug-likeness (QED) is 0.905. The summed E-state index contributed by atoms with van der Waals surface area (Å²) in [6.07, 6.45) is 1.17. The molecule has 2 rings (SSSR count). The fraction of sp³-hybridized carbons (Fsp3) is 0.714. The molecule has 0 amide bonds. The van der Waals surface area contributed by atoms with Crippen LogP contribution < -0.4 is 5.32 Å². The molecule has 4 heteroatoms. The van der Waals surface area contributed by atoms with Crippen molar-refractivity contribution in [2.75, 3.05) is 13.1 Å². The highest BCUT2D eigenvalue weighted by atomic mass is 79.9. The summed E-state index contributed by atoms with van der Waals surface area (Å²) < 4.78 is 1.20. The highest BCUT2D eigenvalue weighted by Gasteiger charge is 2.39. The Labute approximate surface area is 123 Å². The fourth-order valence-corrected chi connectivity index (χ4v) is 3.83. The third-order valence-corrected chi connectivity index (χ3v) is 5.77. The maximum absolute atomic E-state index is 3.71. The number of halogens is 1. The van der Waals surface area contributed by atoms with Gasteiger partial charge in [0, 0.05) is 45.4 Å². The van der Waals surface area contributed by atoms with Crippen molar-refractivity contribution < 1.29 is 0 Å². The lowest BCUT2D eigenvalue weighted by molar-refractivity contribution is 0.0254. The summed E-state index contributed by atoms with van der Waals surface area (Å²) in [5.41, 5.74) is 0.481. The maximum atomic E-state index is 3.71. The van der Waals surface area contributed by atoms with Crippen LogP contribution in [0, 0.1) is 0 Å². The SMILES string of the molecule is CCC1(C)CN(Cc2cc(Br)cs2)C(C)(C)CN1. The van der Waals surface area contributed by atoms with Gasteiger partial charge in [0.25, 0.3) is 0 Å². The van der Waals surface area contributed by atoms with E-state index in [1.165, 1.54) is 15.8 Å². The summed E-state index contributed by atoms with van der Waals surface area (Å²) in [7, 11) is 0. The number of hydrogen-bond acceptors (Lipinski definition) is 3. The van der Waals surface area contributed by atoms with E-state index in [9.17, 15) is 0 Å². The summed E-state index contributed by atoms with van der Waals surface area (Å²) >= 11 is 5.38. The van der Waals surface area contributed by atoms with Gasteiger partial charge in [-0.2, -0.15) is 0 Å². The predicted molar refractivity (Wildman–Crippen MR) is 83.2 cm³/mol. The second-order valence-corrected chi connectivity index (χ2v) is 8.08. The molecule has 2 nitrogen and oxygen atoms in total. The van der Waals surface area contributed by atoms with E-state index in [2.05, 4.69) is 65.3 Å². The lowest BCUT2D eigenvalue weighted by Gasteiger charge is -2.50. The van der Waals surface area contributed by atoms with Gasteiger partial charge in [-0.25, -0.2) is 0 Å². The Morgan fingerprint density at radius 2 is 2.17 bits per heavy atom. The molecule has 1 N–H and O–H groups in total. The molecule has 2 heterocycles. The molecule has 0 saturated carbocycles. The van der Waals surface area contributed by atoms with Gasteiger partial charge in [0.15, 0.2) is 0 Å². The number of hydrogen-bond donors (Lipinski definition) is 1. The molecule has 102 valence electrons. The van der Waals surface area contributed by atoms with Crippen LogP contribution in [-0.4, -0.2) is 29.1 Å². The third kappa shape index (κ3) is 3.16. The van der Waals surface area contributed by atoms with Crippen LogP contribution in [0.15, 0.2) is 15.9 Å². The van der Waals surface area contributed by atoms with Crippen LogP contribution in [0.2, 0.25) is 0 Å². The van der Waals surface area contributed by atoms with Gasteiger partial charge in [-0.05, 0) is 49.2 Å². The smallest absolute Gasteiger partial charge is 0.0334 e. The Hall–Kier alpha value is 0.1000. The average Bonchev–Trinajstić information content (AvgIpc) is 2.70. The van der Waals surface area contributed by atoms with Crippen molar-refractivity contribution in [1.82, 2.24) is 10.2 Å². The number of piperazine rings is 1. The van der Waals surface area contributed by atoms with Gasteiger partial charge in [0.1, 0.15) is 0 Å². The molecule has 1 fully saturated rings.